The molecule has 7 heteroatoms. The van der Waals surface area contributed by atoms with Gasteiger partial charge in [-0.2, -0.15) is 0 Å². The van der Waals surface area contributed by atoms with E-state index in [0.717, 1.165) is 16.2 Å². The molecule has 0 radical (unpaired) electrons. The van der Waals surface area contributed by atoms with E-state index in [0.29, 0.717) is 6.54 Å². The molecule has 1 aromatic heterocycles. The first-order chi connectivity index (χ1) is 11.5. The summed E-state index contributed by atoms with van der Waals surface area (Å²) in [7, 11) is 0. The maximum Gasteiger partial charge on any atom is 0.341 e. The number of carbonyl (C=O) groups is 2. The Morgan fingerprint density at radius 1 is 1.29 bits per heavy atom. The normalized spacial score (nSPS) is 11.3. The molecule has 0 amide bonds. The van der Waals surface area contributed by atoms with Crippen LogP contribution in [-0.2, 0) is 16.1 Å². The molecule has 0 saturated heterocycles. The number of nitrogens with zero attached hydrogens (tertiary/aromatic N) is 1. The summed E-state index contributed by atoms with van der Waals surface area (Å²) in [6.07, 6.45) is 2.70. The molecule has 0 atom stereocenters. The number of nitrogens with two attached hydrogens (primary N) is 1. The molecule has 3 N–H and O–H groups in total. The van der Waals surface area contributed by atoms with Crippen LogP contribution >= 0.6 is 15.9 Å². The fourth-order valence-corrected chi connectivity index (χ4v) is 2.58. The van der Waals surface area contributed by atoms with Crippen molar-refractivity contribution in [3.8, 4) is 0 Å². The van der Waals surface area contributed by atoms with Crippen LogP contribution in [0.5, 0.6) is 0 Å². The molecule has 1 heterocycles. The Balaban J connectivity index is 2.47. The van der Waals surface area contributed by atoms with Crippen LogP contribution in [0.3, 0.4) is 0 Å². The molecular formula is C17H17BrN2O4. The number of carboxylic acids is 1. The summed E-state index contributed by atoms with van der Waals surface area (Å²) in [4.78, 5) is 23.6. The summed E-state index contributed by atoms with van der Waals surface area (Å²) in [6, 6.07) is 9.04. The Bertz CT molecular complexity index is 778. The predicted octanol–water partition coefficient (Wildman–Crippen LogP) is 2.86. The van der Waals surface area contributed by atoms with Gasteiger partial charge in [0.25, 0.3) is 0 Å². The van der Waals surface area contributed by atoms with E-state index in [1.807, 2.05) is 24.3 Å². The van der Waals surface area contributed by atoms with Crippen molar-refractivity contribution in [2.75, 3.05) is 6.61 Å². The maximum atomic E-state index is 12.1. The van der Waals surface area contributed by atoms with Gasteiger partial charge in [-0.25, -0.2) is 9.59 Å². The van der Waals surface area contributed by atoms with E-state index in [4.69, 9.17) is 10.5 Å². The summed E-state index contributed by atoms with van der Waals surface area (Å²) in [6.45, 7) is 2.24. The number of rotatable bonds is 6. The zero-order valence-corrected chi connectivity index (χ0v) is 14.6. The van der Waals surface area contributed by atoms with Gasteiger partial charge in [-0.05, 0) is 30.7 Å². The number of carbonyl (C=O) groups excluding carboxylic acids is 1. The summed E-state index contributed by atoms with van der Waals surface area (Å²) in [5, 5.41) is 9.40. The van der Waals surface area contributed by atoms with E-state index in [1.165, 1.54) is 6.07 Å². The van der Waals surface area contributed by atoms with E-state index in [-0.39, 0.29) is 23.4 Å². The number of hydrogen-bond donors (Lipinski definition) is 2. The fourth-order valence-electron chi connectivity index (χ4n) is 2.32. The number of hydrogen-bond acceptors (Lipinski definition) is 4. The standard InChI is InChI=1S/C17H17BrN2O4/c1-2-24-17(23)14(9-19)15-13(16(21)22)7-8-20(15)10-11-3-5-12(18)6-4-11/h3-9H,2,10,19H2,1H3,(H,21,22). The molecule has 0 spiro atoms. The molecule has 6 nitrogen and oxygen atoms in total. The van der Waals surface area contributed by atoms with E-state index >= 15 is 0 Å². The van der Waals surface area contributed by atoms with E-state index in [2.05, 4.69) is 15.9 Å². The number of halogens is 1. The minimum atomic E-state index is -1.14. The fraction of sp³-hybridized carbons (Fsp3) is 0.176. The lowest BCUT2D eigenvalue weighted by atomic mass is 10.1. The van der Waals surface area contributed by atoms with Crippen LogP contribution in [0.15, 0.2) is 47.2 Å². The van der Waals surface area contributed by atoms with Crippen LogP contribution in [0, 0.1) is 0 Å². The van der Waals surface area contributed by atoms with Gasteiger partial charge in [-0.3, -0.25) is 0 Å². The number of aromatic carboxylic acids is 1. The first kappa shape index (κ1) is 17.8. The molecular weight excluding hydrogens is 376 g/mol. The average molecular weight is 393 g/mol. The Labute approximate surface area is 147 Å². The largest absolute Gasteiger partial charge is 0.478 e. The predicted molar refractivity (Wildman–Crippen MR) is 93.4 cm³/mol. The second-order valence-electron chi connectivity index (χ2n) is 4.94. The molecule has 1 aromatic carbocycles. The highest BCUT2D eigenvalue weighted by Gasteiger charge is 2.24. The molecule has 0 bridgehead atoms. The van der Waals surface area contributed by atoms with E-state index < -0.39 is 11.9 Å². The molecule has 24 heavy (non-hydrogen) atoms. The van der Waals surface area contributed by atoms with Gasteiger partial charge < -0.3 is 20.1 Å². The Kier molecular flexibility index (Phi) is 5.81. The van der Waals surface area contributed by atoms with Gasteiger partial charge in [-0.15, -0.1) is 0 Å². The lowest BCUT2D eigenvalue weighted by Gasteiger charge is -2.13. The smallest absolute Gasteiger partial charge is 0.341 e. The summed E-state index contributed by atoms with van der Waals surface area (Å²) < 4.78 is 7.59. The van der Waals surface area contributed by atoms with Gasteiger partial charge in [-0.1, -0.05) is 28.1 Å². The first-order valence-corrected chi connectivity index (χ1v) is 8.03. The third-order valence-electron chi connectivity index (χ3n) is 3.38. The van der Waals surface area contributed by atoms with E-state index in [1.54, 1.807) is 17.7 Å². The highest BCUT2D eigenvalue weighted by Crippen LogP contribution is 2.23. The molecule has 0 saturated carbocycles. The number of ether oxygens (including phenoxy) is 1. The minimum absolute atomic E-state index is 0.00290. The summed E-state index contributed by atoms with van der Waals surface area (Å²) in [5.74, 6) is -1.79. The van der Waals surface area contributed by atoms with Crippen LogP contribution in [0.2, 0.25) is 0 Å². The third-order valence-corrected chi connectivity index (χ3v) is 3.91. The lowest BCUT2D eigenvalue weighted by molar-refractivity contribution is -0.136. The highest BCUT2D eigenvalue weighted by molar-refractivity contribution is 9.10. The van der Waals surface area contributed by atoms with Gasteiger partial charge in [0, 0.05) is 23.4 Å². The zero-order chi connectivity index (χ0) is 17.7. The number of aromatic nitrogens is 1. The molecule has 0 aliphatic carbocycles. The van der Waals surface area contributed by atoms with Crippen molar-refractivity contribution in [1.82, 2.24) is 4.57 Å². The minimum Gasteiger partial charge on any atom is -0.478 e. The summed E-state index contributed by atoms with van der Waals surface area (Å²) in [5.41, 5.74) is 6.77. The van der Waals surface area contributed by atoms with Crippen LogP contribution in [0.25, 0.3) is 5.57 Å². The third kappa shape index (κ3) is 3.86. The number of benzene rings is 1. The van der Waals surface area contributed by atoms with Crippen LogP contribution < -0.4 is 5.73 Å². The monoisotopic (exact) mass is 392 g/mol. The van der Waals surface area contributed by atoms with E-state index in [9.17, 15) is 14.7 Å². The number of esters is 1. The van der Waals surface area contributed by atoms with Gasteiger partial charge in [0.15, 0.2) is 0 Å². The number of carboxylic acid groups (broad SMARTS) is 1. The zero-order valence-electron chi connectivity index (χ0n) is 13.0. The van der Waals surface area contributed by atoms with Crippen LogP contribution in [0.1, 0.15) is 28.5 Å². The molecule has 0 fully saturated rings. The van der Waals surface area contributed by atoms with Gasteiger partial charge >= 0.3 is 11.9 Å². The molecule has 0 aliphatic rings. The van der Waals surface area contributed by atoms with Gasteiger partial charge in [0.2, 0.25) is 0 Å². The van der Waals surface area contributed by atoms with Crippen molar-refractivity contribution in [2.45, 2.75) is 13.5 Å². The van der Waals surface area contributed by atoms with Crippen LogP contribution in [-0.4, -0.2) is 28.2 Å². The van der Waals surface area contributed by atoms with Crippen molar-refractivity contribution in [1.29, 1.82) is 0 Å². The second kappa shape index (κ2) is 7.83. The molecule has 126 valence electrons. The first-order valence-electron chi connectivity index (χ1n) is 7.24. The molecule has 2 rings (SSSR count). The van der Waals surface area contributed by atoms with Crippen molar-refractivity contribution < 1.29 is 19.4 Å². The second-order valence-corrected chi connectivity index (χ2v) is 5.85. The topological polar surface area (TPSA) is 94.6 Å². The average Bonchev–Trinajstić information content (AvgIpc) is 2.94. The van der Waals surface area contributed by atoms with Crippen molar-refractivity contribution >= 4 is 33.4 Å². The Hall–Kier alpha value is -2.54. The Morgan fingerprint density at radius 3 is 2.50 bits per heavy atom. The van der Waals surface area contributed by atoms with Crippen molar-refractivity contribution in [3.05, 3.63) is 64.0 Å². The van der Waals surface area contributed by atoms with Crippen molar-refractivity contribution in [3.63, 3.8) is 0 Å². The molecule has 0 unspecified atom stereocenters. The maximum absolute atomic E-state index is 12.1. The molecule has 2 aromatic rings. The van der Waals surface area contributed by atoms with Gasteiger partial charge in [0.05, 0.1) is 23.4 Å². The lowest BCUT2D eigenvalue weighted by Crippen LogP contribution is -2.15. The Morgan fingerprint density at radius 2 is 1.96 bits per heavy atom. The highest BCUT2D eigenvalue weighted by atomic mass is 79.9. The van der Waals surface area contributed by atoms with Crippen molar-refractivity contribution in [2.24, 2.45) is 5.73 Å². The van der Waals surface area contributed by atoms with Gasteiger partial charge in [0.1, 0.15) is 0 Å². The quantitative estimate of drug-likeness (QED) is 0.582. The summed E-state index contributed by atoms with van der Waals surface area (Å²) >= 11 is 3.37. The molecule has 0 aliphatic heterocycles. The SMILES string of the molecule is CCOC(=O)C(=CN)c1c(C(=O)O)ccn1Cc1ccc(Br)cc1. The van der Waals surface area contributed by atoms with Crippen LogP contribution in [0.4, 0.5) is 0 Å².